The van der Waals surface area contributed by atoms with E-state index in [4.69, 9.17) is 16.3 Å². The van der Waals surface area contributed by atoms with Crippen molar-refractivity contribution in [2.45, 2.75) is 24.7 Å². The Morgan fingerprint density at radius 1 is 1.23 bits per heavy atom. The third-order valence-electron chi connectivity index (χ3n) is 3.90. The van der Waals surface area contributed by atoms with Gasteiger partial charge in [0.15, 0.2) is 0 Å². The van der Waals surface area contributed by atoms with Gasteiger partial charge < -0.3 is 9.64 Å². The summed E-state index contributed by atoms with van der Waals surface area (Å²) in [4.78, 5) is 2.45. The predicted octanol–water partition coefficient (Wildman–Crippen LogP) is 2.46. The molecule has 22 heavy (non-hydrogen) atoms. The average Bonchev–Trinajstić information content (AvgIpc) is 2.53. The summed E-state index contributed by atoms with van der Waals surface area (Å²) in [7, 11) is -2.11. The van der Waals surface area contributed by atoms with Crippen LogP contribution in [-0.4, -0.2) is 57.5 Å². The molecule has 0 amide bonds. The third kappa shape index (κ3) is 3.93. The molecule has 7 heteroatoms. The minimum Gasteiger partial charge on any atom is -0.495 e. The van der Waals surface area contributed by atoms with E-state index >= 15 is 0 Å². The molecule has 5 nitrogen and oxygen atoms in total. The zero-order valence-corrected chi connectivity index (χ0v) is 14.7. The Bertz CT molecular complexity index is 599. The van der Waals surface area contributed by atoms with E-state index in [1.165, 1.54) is 17.5 Å². The van der Waals surface area contributed by atoms with E-state index in [-0.39, 0.29) is 4.90 Å². The number of rotatable bonds is 6. The Kier molecular flexibility index (Phi) is 6.09. The second-order valence-corrected chi connectivity index (χ2v) is 7.74. The summed E-state index contributed by atoms with van der Waals surface area (Å²) in [5.41, 5.74) is 0. The van der Waals surface area contributed by atoms with Crippen molar-refractivity contribution >= 4 is 21.6 Å². The number of nitrogens with zero attached hydrogens (tertiary/aromatic N) is 2. The molecular weight excluding hydrogens is 324 g/mol. The van der Waals surface area contributed by atoms with Gasteiger partial charge in [0.25, 0.3) is 0 Å². The molecule has 1 saturated heterocycles. The Morgan fingerprint density at radius 3 is 2.50 bits per heavy atom. The van der Waals surface area contributed by atoms with E-state index in [9.17, 15) is 8.42 Å². The fraction of sp³-hybridized carbons (Fsp3) is 0.600. The Balaban J connectivity index is 2.14. The number of unbranched alkanes of at least 4 members (excludes halogenated alkanes) is 1. The first kappa shape index (κ1) is 17.5. The molecule has 0 radical (unpaired) electrons. The summed E-state index contributed by atoms with van der Waals surface area (Å²) in [6.07, 6.45) is 2.30. The van der Waals surface area contributed by atoms with E-state index in [1.54, 1.807) is 12.1 Å². The largest absolute Gasteiger partial charge is 0.495 e. The maximum atomic E-state index is 12.8. The first-order valence-electron chi connectivity index (χ1n) is 7.55. The van der Waals surface area contributed by atoms with E-state index in [1.807, 2.05) is 0 Å². The summed E-state index contributed by atoms with van der Waals surface area (Å²) >= 11 is 5.95. The van der Waals surface area contributed by atoms with Gasteiger partial charge in [-0.1, -0.05) is 24.9 Å². The maximum absolute atomic E-state index is 12.8. The maximum Gasteiger partial charge on any atom is 0.246 e. The van der Waals surface area contributed by atoms with Gasteiger partial charge in [-0.05, 0) is 31.2 Å². The highest BCUT2D eigenvalue weighted by Gasteiger charge is 2.30. The zero-order chi connectivity index (χ0) is 16.2. The Labute approximate surface area is 137 Å². The topological polar surface area (TPSA) is 49.9 Å². The number of piperazine rings is 1. The molecule has 0 spiro atoms. The number of ether oxygens (including phenoxy) is 1. The summed E-state index contributed by atoms with van der Waals surface area (Å²) in [6, 6.07) is 4.67. The van der Waals surface area contributed by atoms with Crippen LogP contribution < -0.4 is 4.74 Å². The molecule has 0 atom stereocenters. The summed E-state index contributed by atoms with van der Waals surface area (Å²) in [5, 5.41) is 0.390. The van der Waals surface area contributed by atoms with Gasteiger partial charge in [0.05, 0.1) is 7.11 Å². The smallest absolute Gasteiger partial charge is 0.246 e. The highest BCUT2D eigenvalue weighted by atomic mass is 35.5. The van der Waals surface area contributed by atoms with Crippen molar-refractivity contribution in [2.75, 3.05) is 39.8 Å². The van der Waals surface area contributed by atoms with Crippen molar-refractivity contribution in [3.05, 3.63) is 23.2 Å². The minimum absolute atomic E-state index is 0.143. The molecule has 1 aromatic carbocycles. The molecule has 1 heterocycles. The Hall–Kier alpha value is -0.820. The first-order valence-corrected chi connectivity index (χ1v) is 9.37. The van der Waals surface area contributed by atoms with Crippen molar-refractivity contribution in [1.29, 1.82) is 0 Å². The molecule has 0 bridgehead atoms. The minimum atomic E-state index is -3.57. The molecule has 1 fully saturated rings. The van der Waals surface area contributed by atoms with Crippen LogP contribution in [0, 0.1) is 0 Å². The SMILES string of the molecule is CCCCN1CCN(S(=O)(=O)c2cc(Cl)ccc2OC)CC1. The molecule has 0 aliphatic carbocycles. The standard InChI is InChI=1S/C15H23ClN2O3S/c1-3-4-7-17-8-10-18(11-9-17)22(19,20)15-12-13(16)5-6-14(15)21-2/h5-6,12H,3-4,7-11H2,1-2H3. The van der Waals surface area contributed by atoms with Crippen LogP contribution in [0.1, 0.15) is 19.8 Å². The van der Waals surface area contributed by atoms with Crippen LogP contribution in [0.2, 0.25) is 5.02 Å². The van der Waals surface area contributed by atoms with Gasteiger partial charge in [-0.3, -0.25) is 0 Å². The predicted molar refractivity (Wildman–Crippen MR) is 88.1 cm³/mol. The summed E-state index contributed by atoms with van der Waals surface area (Å²) in [6.45, 7) is 5.73. The molecule has 0 N–H and O–H groups in total. The molecule has 124 valence electrons. The molecular formula is C15H23ClN2O3S. The molecule has 0 aromatic heterocycles. The fourth-order valence-corrected chi connectivity index (χ4v) is 4.41. The Morgan fingerprint density at radius 2 is 1.91 bits per heavy atom. The first-order chi connectivity index (χ1) is 10.5. The molecule has 2 rings (SSSR count). The van der Waals surface area contributed by atoms with Crippen molar-refractivity contribution in [1.82, 2.24) is 9.21 Å². The van der Waals surface area contributed by atoms with Crippen LogP contribution in [0.4, 0.5) is 0 Å². The quantitative estimate of drug-likeness (QED) is 0.794. The van der Waals surface area contributed by atoms with Gasteiger partial charge in [-0.15, -0.1) is 0 Å². The number of benzene rings is 1. The van der Waals surface area contributed by atoms with Crippen LogP contribution in [0.5, 0.6) is 5.75 Å². The van der Waals surface area contributed by atoms with Crippen LogP contribution in [0.3, 0.4) is 0 Å². The molecule has 1 aliphatic rings. The molecule has 1 aliphatic heterocycles. The molecule has 0 unspecified atom stereocenters. The van der Waals surface area contributed by atoms with E-state index in [0.717, 1.165) is 32.5 Å². The number of hydrogen-bond donors (Lipinski definition) is 0. The van der Waals surface area contributed by atoms with Gasteiger partial charge >= 0.3 is 0 Å². The highest BCUT2D eigenvalue weighted by Crippen LogP contribution is 2.30. The molecule has 0 saturated carbocycles. The third-order valence-corrected chi connectivity index (χ3v) is 6.06. The summed E-state index contributed by atoms with van der Waals surface area (Å²) < 4.78 is 32.3. The van der Waals surface area contributed by atoms with E-state index < -0.39 is 10.0 Å². The van der Waals surface area contributed by atoms with Crippen molar-refractivity contribution in [3.63, 3.8) is 0 Å². The van der Waals surface area contributed by atoms with Gasteiger partial charge in [-0.2, -0.15) is 4.31 Å². The van der Waals surface area contributed by atoms with Crippen molar-refractivity contribution in [2.24, 2.45) is 0 Å². The van der Waals surface area contributed by atoms with Crippen LogP contribution >= 0.6 is 11.6 Å². The fourth-order valence-electron chi connectivity index (χ4n) is 2.57. The van der Waals surface area contributed by atoms with Gasteiger partial charge in [0.1, 0.15) is 10.6 Å². The van der Waals surface area contributed by atoms with Crippen molar-refractivity contribution in [3.8, 4) is 5.75 Å². The lowest BCUT2D eigenvalue weighted by molar-refractivity contribution is 0.186. The monoisotopic (exact) mass is 346 g/mol. The molecule has 1 aromatic rings. The van der Waals surface area contributed by atoms with E-state index in [2.05, 4.69) is 11.8 Å². The number of methoxy groups -OCH3 is 1. The van der Waals surface area contributed by atoms with Crippen molar-refractivity contribution < 1.29 is 13.2 Å². The lowest BCUT2D eigenvalue weighted by Gasteiger charge is -2.34. The van der Waals surface area contributed by atoms with Crippen LogP contribution in [0.25, 0.3) is 0 Å². The number of sulfonamides is 1. The number of halogens is 1. The zero-order valence-electron chi connectivity index (χ0n) is 13.1. The second-order valence-electron chi connectivity index (χ2n) is 5.39. The lowest BCUT2D eigenvalue weighted by Crippen LogP contribution is -2.48. The summed E-state index contributed by atoms with van der Waals surface area (Å²) in [5.74, 6) is 0.331. The van der Waals surface area contributed by atoms with E-state index in [0.29, 0.717) is 23.9 Å². The van der Waals surface area contributed by atoms with Gasteiger partial charge in [-0.25, -0.2) is 8.42 Å². The number of hydrogen-bond acceptors (Lipinski definition) is 4. The lowest BCUT2D eigenvalue weighted by atomic mass is 10.3. The average molecular weight is 347 g/mol. The highest BCUT2D eigenvalue weighted by molar-refractivity contribution is 7.89. The second kappa shape index (κ2) is 7.64. The van der Waals surface area contributed by atoms with Crippen LogP contribution in [0.15, 0.2) is 23.1 Å². The van der Waals surface area contributed by atoms with Gasteiger partial charge in [0.2, 0.25) is 10.0 Å². The normalized spacial score (nSPS) is 17.6. The van der Waals surface area contributed by atoms with Crippen LogP contribution in [-0.2, 0) is 10.0 Å². The van der Waals surface area contributed by atoms with Gasteiger partial charge in [0, 0.05) is 31.2 Å².